The smallest absolute Gasteiger partial charge is 0.284 e. The molecule has 10 heteroatoms. The summed E-state index contributed by atoms with van der Waals surface area (Å²) in [5.74, 6) is -0.587. The maximum Gasteiger partial charge on any atom is 0.284 e. The Morgan fingerprint density at radius 3 is 2.77 bits per heavy atom. The summed E-state index contributed by atoms with van der Waals surface area (Å²) in [7, 11) is 0. The second kappa shape index (κ2) is 6.64. The van der Waals surface area contributed by atoms with E-state index in [2.05, 4.69) is 30.9 Å². The molecule has 26 heavy (non-hydrogen) atoms. The van der Waals surface area contributed by atoms with E-state index in [0.29, 0.717) is 24.5 Å². The lowest BCUT2D eigenvalue weighted by Gasteiger charge is -2.27. The second-order valence-electron chi connectivity index (χ2n) is 5.84. The van der Waals surface area contributed by atoms with Crippen molar-refractivity contribution in [1.82, 2.24) is 30.3 Å². The van der Waals surface area contributed by atoms with Crippen molar-refractivity contribution in [2.24, 2.45) is 0 Å². The highest BCUT2D eigenvalue weighted by molar-refractivity contribution is 6.03. The largest absolute Gasteiger partial charge is 0.318 e. The Morgan fingerprint density at radius 1 is 1.27 bits per heavy atom. The zero-order valence-corrected chi connectivity index (χ0v) is 13.5. The third-order valence-corrected chi connectivity index (χ3v) is 4.09. The minimum Gasteiger partial charge on any atom is -0.318 e. The normalized spacial score (nSPS) is 14.4. The Labute approximate surface area is 146 Å². The quantitative estimate of drug-likeness (QED) is 0.647. The Kier molecular flexibility index (Phi) is 4.17. The average Bonchev–Trinajstić information content (AvgIpc) is 3.23. The summed E-state index contributed by atoms with van der Waals surface area (Å²) in [6.07, 6.45) is 0.285. The summed E-state index contributed by atoms with van der Waals surface area (Å²) >= 11 is 0. The van der Waals surface area contributed by atoms with Crippen LogP contribution in [0.4, 0.5) is 14.5 Å². The lowest BCUT2D eigenvalue weighted by molar-refractivity contribution is 0.102. The molecule has 1 saturated heterocycles. The van der Waals surface area contributed by atoms with Gasteiger partial charge in [0.15, 0.2) is 5.69 Å². The van der Waals surface area contributed by atoms with E-state index in [0.717, 1.165) is 0 Å². The number of anilines is 1. The van der Waals surface area contributed by atoms with Gasteiger partial charge in [0.2, 0.25) is 0 Å². The number of hydrogen-bond acceptors (Lipinski definition) is 5. The average molecular weight is 359 g/mol. The maximum atomic E-state index is 13.3. The molecule has 0 bridgehead atoms. The fourth-order valence-corrected chi connectivity index (χ4v) is 2.60. The van der Waals surface area contributed by atoms with Crippen LogP contribution in [0, 0.1) is 0 Å². The first-order valence-corrected chi connectivity index (χ1v) is 7.98. The minimum absolute atomic E-state index is 0.0103. The van der Waals surface area contributed by atoms with Crippen LogP contribution in [0.1, 0.15) is 28.6 Å². The van der Waals surface area contributed by atoms with Crippen molar-refractivity contribution in [2.45, 2.75) is 12.5 Å². The van der Waals surface area contributed by atoms with Crippen molar-refractivity contribution < 1.29 is 13.6 Å². The zero-order chi connectivity index (χ0) is 18.1. The van der Waals surface area contributed by atoms with Gasteiger partial charge in [-0.2, -0.15) is 10.2 Å². The van der Waals surface area contributed by atoms with Crippen LogP contribution in [0.3, 0.4) is 0 Å². The summed E-state index contributed by atoms with van der Waals surface area (Å²) in [5.41, 5.74) is 0.726. The van der Waals surface area contributed by atoms with Gasteiger partial charge in [0.05, 0.1) is 17.4 Å². The first-order chi connectivity index (χ1) is 12.6. The summed E-state index contributed by atoms with van der Waals surface area (Å²) in [6, 6.07) is 6.60. The predicted octanol–water partition coefficient (Wildman–Crippen LogP) is 2.00. The van der Waals surface area contributed by atoms with E-state index >= 15 is 0 Å². The number of alkyl halides is 2. The molecule has 0 radical (unpaired) electrons. The van der Waals surface area contributed by atoms with Gasteiger partial charge in [-0.05, 0) is 18.2 Å². The fourth-order valence-electron chi connectivity index (χ4n) is 2.60. The first-order valence-electron chi connectivity index (χ1n) is 7.98. The van der Waals surface area contributed by atoms with Crippen molar-refractivity contribution in [3.63, 3.8) is 0 Å². The van der Waals surface area contributed by atoms with E-state index in [-0.39, 0.29) is 17.4 Å². The van der Waals surface area contributed by atoms with Gasteiger partial charge in [-0.1, -0.05) is 6.07 Å². The Morgan fingerprint density at radius 2 is 2.12 bits per heavy atom. The van der Waals surface area contributed by atoms with E-state index in [1.165, 1.54) is 16.9 Å². The Hall–Kier alpha value is -3.14. The van der Waals surface area contributed by atoms with Crippen LogP contribution >= 0.6 is 0 Å². The molecule has 0 saturated carbocycles. The molecule has 3 N–H and O–H groups in total. The van der Waals surface area contributed by atoms with Crippen LogP contribution < -0.4 is 10.6 Å². The molecule has 0 atom stereocenters. The van der Waals surface area contributed by atoms with Crippen molar-refractivity contribution in [1.29, 1.82) is 0 Å². The second-order valence-corrected chi connectivity index (χ2v) is 5.84. The summed E-state index contributed by atoms with van der Waals surface area (Å²) in [6.45, 7) is 1.32. The molecule has 1 amide bonds. The molecule has 0 spiro atoms. The van der Waals surface area contributed by atoms with Crippen LogP contribution in [0.15, 0.2) is 36.7 Å². The summed E-state index contributed by atoms with van der Waals surface area (Å²) in [5, 5.41) is 16.1. The number of H-pyrrole nitrogens is 1. The molecule has 134 valence electrons. The van der Waals surface area contributed by atoms with E-state index < -0.39 is 18.0 Å². The van der Waals surface area contributed by atoms with Gasteiger partial charge in [0, 0.05) is 25.5 Å². The first kappa shape index (κ1) is 16.3. The topological polar surface area (TPSA) is 101 Å². The van der Waals surface area contributed by atoms with Crippen LogP contribution in [0.5, 0.6) is 0 Å². The van der Waals surface area contributed by atoms with E-state index in [9.17, 15) is 13.6 Å². The molecular formula is C16H15F2N7O. The van der Waals surface area contributed by atoms with Gasteiger partial charge in [-0.25, -0.2) is 13.8 Å². The van der Waals surface area contributed by atoms with Crippen LogP contribution in [-0.4, -0.2) is 44.0 Å². The predicted molar refractivity (Wildman–Crippen MR) is 88.9 cm³/mol. The molecule has 8 nitrogen and oxygen atoms in total. The van der Waals surface area contributed by atoms with Gasteiger partial charge in [-0.3, -0.25) is 14.6 Å². The third-order valence-electron chi connectivity index (χ3n) is 4.09. The van der Waals surface area contributed by atoms with Gasteiger partial charge in [0.1, 0.15) is 11.4 Å². The number of amides is 1. The fraction of sp³-hybridized carbons (Fsp3) is 0.250. The standard InChI is InChI=1S/C16H15F2N7O/c17-15(18)14-13(8-25(24-14)9-6-19-7-9)22-16(26)12-3-1-2-10(21-12)11-4-5-20-23-11/h1-5,8-9,15,19H,6-7H2,(H,20,23)(H,22,26). The Bertz CT molecular complexity index is 919. The number of rotatable bonds is 5. The van der Waals surface area contributed by atoms with Gasteiger partial charge >= 0.3 is 0 Å². The molecule has 1 aliphatic rings. The van der Waals surface area contributed by atoms with E-state index in [1.54, 1.807) is 24.4 Å². The van der Waals surface area contributed by atoms with Gasteiger partial charge in [-0.15, -0.1) is 0 Å². The van der Waals surface area contributed by atoms with Crippen LogP contribution in [-0.2, 0) is 0 Å². The zero-order valence-electron chi connectivity index (χ0n) is 13.5. The number of aromatic nitrogens is 5. The van der Waals surface area contributed by atoms with Gasteiger partial charge < -0.3 is 10.6 Å². The molecule has 4 heterocycles. The Balaban J connectivity index is 1.58. The van der Waals surface area contributed by atoms with Gasteiger partial charge in [0.25, 0.3) is 12.3 Å². The molecule has 1 aliphatic heterocycles. The lowest BCUT2D eigenvalue weighted by Crippen LogP contribution is -2.43. The molecule has 1 fully saturated rings. The highest BCUT2D eigenvalue weighted by Crippen LogP contribution is 2.28. The number of pyridine rings is 1. The number of hydrogen-bond donors (Lipinski definition) is 3. The number of carbonyl (C=O) groups is 1. The van der Waals surface area contributed by atoms with E-state index in [4.69, 9.17) is 0 Å². The molecule has 0 aromatic carbocycles. The molecule has 3 aromatic heterocycles. The SMILES string of the molecule is O=C(Nc1cn(C2CNC2)nc1C(F)F)c1cccc(-c2cc[nH]n2)n1. The molecule has 0 aliphatic carbocycles. The molecule has 4 rings (SSSR count). The highest BCUT2D eigenvalue weighted by Gasteiger charge is 2.26. The van der Waals surface area contributed by atoms with Crippen molar-refractivity contribution >= 4 is 11.6 Å². The van der Waals surface area contributed by atoms with Crippen molar-refractivity contribution in [3.8, 4) is 11.4 Å². The molecule has 3 aromatic rings. The van der Waals surface area contributed by atoms with Crippen molar-refractivity contribution in [3.05, 3.63) is 48.0 Å². The maximum absolute atomic E-state index is 13.3. The van der Waals surface area contributed by atoms with E-state index in [1.807, 2.05) is 0 Å². The number of nitrogens with one attached hydrogen (secondary N) is 3. The number of aromatic amines is 1. The monoisotopic (exact) mass is 359 g/mol. The number of nitrogens with zero attached hydrogens (tertiary/aromatic N) is 4. The number of carbonyl (C=O) groups excluding carboxylic acids is 1. The summed E-state index contributed by atoms with van der Waals surface area (Å²) in [4.78, 5) is 16.7. The molecule has 0 unspecified atom stereocenters. The van der Waals surface area contributed by atoms with Crippen LogP contribution in [0.2, 0.25) is 0 Å². The third kappa shape index (κ3) is 3.06. The minimum atomic E-state index is -2.79. The van der Waals surface area contributed by atoms with Crippen molar-refractivity contribution in [2.75, 3.05) is 18.4 Å². The highest BCUT2D eigenvalue weighted by atomic mass is 19.3. The summed E-state index contributed by atoms with van der Waals surface area (Å²) < 4.78 is 28.0. The molecular weight excluding hydrogens is 344 g/mol. The lowest BCUT2D eigenvalue weighted by atomic mass is 10.2. The van der Waals surface area contributed by atoms with Crippen LogP contribution in [0.25, 0.3) is 11.4 Å². The number of halogens is 2.